The van der Waals surface area contributed by atoms with E-state index in [9.17, 15) is 4.79 Å². The molecule has 0 radical (unpaired) electrons. The first-order valence-electron chi connectivity index (χ1n) is 8.23. The van der Waals surface area contributed by atoms with E-state index >= 15 is 0 Å². The Morgan fingerprint density at radius 1 is 1.30 bits per heavy atom. The van der Waals surface area contributed by atoms with Crippen molar-refractivity contribution in [2.24, 2.45) is 10.2 Å². The van der Waals surface area contributed by atoms with Gasteiger partial charge in [-0.05, 0) is 19.3 Å². The number of terminal acetylenes is 1. The van der Waals surface area contributed by atoms with Crippen LogP contribution < -0.4 is 0 Å². The summed E-state index contributed by atoms with van der Waals surface area (Å²) in [7, 11) is 0. The van der Waals surface area contributed by atoms with Gasteiger partial charge in [0.1, 0.15) is 0 Å². The van der Waals surface area contributed by atoms with Crippen molar-refractivity contribution in [3.8, 4) is 12.3 Å². The van der Waals surface area contributed by atoms with Gasteiger partial charge in [0.25, 0.3) is 0 Å². The number of likely N-dealkylation sites (tertiary alicyclic amines) is 1. The summed E-state index contributed by atoms with van der Waals surface area (Å²) in [4.78, 5) is 14.4. The van der Waals surface area contributed by atoms with Crippen LogP contribution in [-0.4, -0.2) is 44.6 Å². The van der Waals surface area contributed by atoms with Crippen LogP contribution >= 0.6 is 0 Å². The molecule has 1 atom stereocenters. The molecule has 1 aromatic rings. The van der Waals surface area contributed by atoms with Crippen LogP contribution in [0.2, 0.25) is 0 Å². The molecule has 3 heterocycles. The molecule has 0 saturated carbocycles. The largest absolute Gasteiger partial charge is 0.343 e. The van der Waals surface area contributed by atoms with Crippen LogP contribution in [0.5, 0.6) is 0 Å². The van der Waals surface area contributed by atoms with Crippen molar-refractivity contribution in [3.05, 3.63) is 12.4 Å². The molecule has 122 valence electrons. The average molecular weight is 314 g/mol. The minimum Gasteiger partial charge on any atom is -0.343 e. The molecule has 7 heteroatoms. The molecule has 0 aromatic carbocycles. The Hall–Kier alpha value is -2.23. The van der Waals surface area contributed by atoms with Crippen LogP contribution in [0.15, 0.2) is 22.6 Å². The van der Waals surface area contributed by atoms with Crippen LogP contribution in [0.1, 0.15) is 51.0 Å². The smallest absolute Gasteiger partial charge is 0.222 e. The van der Waals surface area contributed by atoms with Crippen molar-refractivity contribution in [1.29, 1.82) is 0 Å². The van der Waals surface area contributed by atoms with Crippen LogP contribution in [0.4, 0.5) is 0 Å². The highest BCUT2D eigenvalue weighted by Crippen LogP contribution is 2.37. The van der Waals surface area contributed by atoms with Crippen LogP contribution in [0.25, 0.3) is 0 Å². The Morgan fingerprint density at radius 2 is 2.17 bits per heavy atom. The lowest BCUT2D eigenvalue weighted by Crippen LogP contribution is -2.32. The number of amides is 1. The van der Waals surface area contributed by atoms with Crippen molar-refractivity contribution in [2.75, 3.05) is 13.1 Å². The zero-order valence-corrected chi connectivity index (χ0v) is 13.3. The molecule has 0 bridgehead atoms. The number of carbonyl (C=O) groups excluding carboxylic acids is 1. The predicted molar refractivity (Wildman–Crippen MR) is 84.4 cm³/mol. The maximum atomic E-state index is 12.5. The van der Waals surface area contributed by atoms with E-state index in [1.807, 2.05) is 15.8 Å². The second-order valence-electron chi connectivity index (χ2n) is 6.24. The van der Waals surface area contributed by atoms with Gasteiger partial charge >= 0.3 is 0 Å². The Kier molecular flexibility index (Phi) is 4.70. The van der Waals surface area contributed by atoms with E-state index in [-0.39, 0.29) is 11.6 Å². The summed E-state index contributed by atoms with van der Waals surface area (Å²) >= 11 is 0. The number of hydrogen-bond acceptors (Lipinski definition) is 5. The van der Waals surface area contributed by atoms with Gasteiger partial charge in [-0.2, -0.15) is 10.2 Å². The number of nitrogens with zero attached hydrogens (tertiary/aromatic N) is 6. The second kappa shape index (κ2) is 6.90. The molecule has 7 nitrogen and oxygen atoms in total. The van der Waals surface area contributed by atoms with Crippen LogP contribution in [0, 0.1) is 12.3 Å². The highest BCUT2D eigenvalue weighted by atomic mass is 16.2. The van der Waals surface area contributed by atoms with Gasteiger partial charge in [-0.15, -0.1) is 17.4 Å². The normalized spacial score (nSPS) is 22.4. The maximum absolute atomic E-state index is 12.5. The Labute approximate surface area is 136 Å². The lowest BCUT2D eigenvalue weighted by molar-refractivity contribution is -0.131. The van der Waals surface area contributed by atoms with Crippen molar-refractivity contribution >= 4 is 5.91 Å². The van der Waals surface area contributed by atoms with E-state index in [1.165, 1.54) is 0 Å². The zero-order chi connectivity index (χ0) is 16.1. The average Bonchev–Trinajstić information content (AvgIpc) is 3.22. The first kappa shape index (κ1) is 15.7. The summed E-state index contributed by atoms with van der Waals surface area (Å²) < 4.78 is 1.91. The first-order valence-corrected chi connectivity index (χ1v) is 8.23. The maximum Gasteiger partial charge on any atom is 0.222 e. The Balaban J connectivity index is 1.46. The minimum atomic E-state index is -0.364. The standard InChI is InChI=1S/C16H22N6O/c1-2-3-8-16(18-19-16)9-6-15(23)21-11-4-5-14(7-12-21)22-13-10-17-20-22/h1,10,13-14H,3-9,11-12H2. The van der Waals surface area contributed by atoms with Crippen molar-refractivity contribution in [3.63, 3.8) is 0 Å². The van der Waals surface area contributed by atoms with E-state index in [1.54, 1.807) is 6.20 Å². The molecule has 2 aliphatic rings. The molecule has 1 aromatic heterocycles. The summed E-state index contributed by atoms with van der Waals surface area (Å²) in [6.45, 7) is 1.59. The van der Waals surface area contributed by atoms with Crippen molar-refractivity contribution in [1.82, 2.24) is 19.9 Å². The van der Waals surface area contributed by atoms with Gasteiger partial charge in [-0.3, -0.25) is 4.79 Å². The molecule has 23 heavy (non-hydrogen) atoms. The lowest BCUT2D eigenvalue weighted by Gasteiger charge is -2.21. The molecular weight excluding hydrogens is 292 g/mol. The quantitative estimate of drug-likeness (QED) is 0.755. The molecule has 1 unspecified atom stereocenters. The number of carbonyl (C=O) groups is 1. The number of aromatic nitrogens is 3. The second-order valence-corrected chi connectivity index (χ2v) is 6.24. The third-order valence-corrected chi connectivity index (χ3v) is 4.66. The van der Waals surface area contributed by atoms with E-state index in [2.05, 4.69) is 26.5 Å². The molecule has 0 N–H and O–H groups in total. The van der Waals surface area contributed by atoms with E-state index in [4.69, 9.17) is 6.42 Å². The molecule has 3 rings (SSSR count). The summed E-state index contributed by atoms with van der Waals surface area (Å²) in [6, 6.07) is 0.339. The minimum absolute atomic E-state index is 0.196. The fourth-order valence-corrected chi connectivity index (χ4v) is 3.14. The van der Waals surface area contributed by atoms with Crippen molar-refractivity contribution < 1.29 is 4.79 Å². The van der Waals surface area contributed by atoms with Crippen LogP contribution in [-0.2, 0) is 4.79 Å². The number of rotatable bonds is 6. The molecule has 1 amide bonds. The van der Waals surface area contributed by atoms with Gasteiger partial charge in [0.15, 0.2) is 5.66 Å². The van der Waals surface area contributed by atoms with Gasteiger partial charge in [0.05, 0.1) is 12.2 Å². The summed E-state index contributed by atoms with van der Waals surface area (Å²) in [6.07, 6.45) is 14.4. The third-order valence-electron chi connectivity index (χ3n) is 4.66. The van der Waals surface area contributed by atoms with Gasteiger partial charge < -0.3 is 4.90 Å². The van der Waals surface area contributed by atoms with Gasteiger partial charge in [-0.25, -0.2) is 4.68 Å². The zero-order valence-electron chi connectivity index (χ0n) is 13.3. The molecule has 1 fully saturated rings. The van der Waals surface area contributed by atoms with Gasteiger partial charge in [-0.1, -0.05) is 5.21 Å². The number of hydrogen-bond donors (Lipinski definition) is 0. The molecular formula is C16H22N6O. The lowest BCUT2D eigenvalue weighted by atomic mass is 10.0. The molecule has 0 spiro atoms. The van der Waals surface area contributed by atoms with E-state index in [0.29, 0.717) is 25.3 Å². The predicted octanol–water partition coefficient (Wildman–Crippen LogP) is 2.19. The highest BCUT2D eigenvalue weighted by molar-refractivity contribution is 5.76. The van der Waals surface area contributed by atoms with Gasteiger partial charge in [0.2, 0.25) is 5.91 Å². The topological polar surface area (TPSA) is 75.7 Å². The van der Waals surface area contributed by atoms with E-state index in [0.717, 1.165) is 38.8 Å². The SMILES string of the molecule is C#CCCC1(CCC(=O)N2CCCC(n3ccnn3)CC2)N=N1. The summed E-state index contributed by atoms with van der Waals surface area (Å²) in [5.41, 5.74) is -0.364. The third kappa shape index (κ3) is 3.95. The fraction of sp³-hybridized carbons (Fsp3) is 0.688. The highest BCUT2D eigenvalue weighted by Gasteiger charge is 2.39. The Bertz CT molecular complexity index is 597. The first-order chi connectivity index (χ1) is 11.2. The van der Waals surface area contributed by atoms with Gasteiger partial charge in [0, 0.05) is 45.0 Å². The molecule has 0 aliphatic carbocycles. The van der Waals surface area contributed by atoms with Crippen molar-refractivity contribution in [2.45, 2.75) is 56.7 Å². The van der Waals surface area contributed by atoms with Crippen LogP contribution in [0.3, 0.4) is 0 Å². The van der Waals surface area contributed by atoms with E-state index < -0.39 is 0 Å². The Morgan fingerprint density at radius 3 is 2.87 bits per heavy atom. The summed E-state index contributed by atoms with van der Waals surface area (Å²) in [5, 5.41) is 16.1. The fourth-order valence-electron chi connectivity index (χ4n) is 3.14. The summed E-state index contributed by atoms with van der Waals surface area (Å²) in [5.74, 6) is 2.81. The monoisotopic (exact) mass is 314 g/mol. The molecule has 2 aliphatic heterocycles. The molecule has 1 saturated heterocycles.